The molecule has 0 aromatic carbocycles. The van der Waals surface area contributed by atoms with Gasteiger partial charge < -0.3 is 20.7 Å². The van der Waals surface area contributed by atoms with E-state index < -0.39 is 17.2 Å². The minimum Gasteiger partial charge on any atom is -0.444 e. The van der Waals surface area contributed by atoms with Crippen LogP contribution in [-0.4, -0.2) is 41.3 Å². The molecule has 0 bridgehead atoms. The molecule has 3 N–H and O–H groups in total. The summed E-state index contributed by atoms with van der Waals surface area (Å²) in [7, 11) is 0. The lowest BCUT2D eigenvalue weighted by atomic mass is 10.1. The van der Waals surface area contributed by atoms with E-state index in [1.165, 1.54) is 0 Å². The number of guanidine groups is 1. The largest absolute Gasteiger partial charge is 0.444 e. The first-order valence-corrected chi connectivity index (χ1v) is 9.02. The molecule has 1 heterocycles. The topological polar surface area (TPSA) is 87.6 Å². The highest BCUT2D eigenvalue weighted by atomic mass is 127. The summed E-state index contributed by atoms with van der Waals surface area (Å²) in [4.78, 5) is 20.5. The van der Waals surface area contributed by atoms with Crippen LogP contribution in [0.4, 0.5) is 4.79 Å². The molecular weight excluding hydrogens is 481 g/mol. The van der Waals surface area contributed by atoms with E-state index in [9.17, 15) is 4.79 Å². The molecule has 1 aromatic heterocycles. The summed E-state index contributed by atoms with van der Waals surface area (Å²) in [6, 6.07) is 3.62. The Bertz CT molecular complexity index is 615. The zero-order valence-electron chi connectivity index (χ0n) is 16.9. The van der Waals surface area contributed by atoms with Gasteiger partial charge in [0.15, 0.2) is 5.96 Å². The van der Waals surface area contributed by atoms with Gasteiger partial charge in [-0.3, -0.25) is 0 Å². The number of halogens is 2. The number of amides is 1. The number of nitrogens with zero attached hydrogens (tertiary/aromatic N) is 2. The van der Waals surface area contributed by atoms with Crippen molar-refractivity contribution in [1.82, 2.24) is 20.9 Å². The summed E-state index contributed by atoms with van der Waals surface area (Å²) < 4.78 is 5.30. The van der Waals surface area contributed by atoms with E-state index in [0.717, 1.165) is 12.1 Å². The van der Waals surface area contributed by atoms with Crippen LogP contribution in [-0.2, 0) is 11.3 Å². The summed E-state index contributed by atoms with van der Waals surface area (Å²) in [5.74, 6) is 0.654. The Hall–Kier alpha value is -1.29. The fourth-order valence-electron chi connectivity index (χ4n) is 1.94. The standard InChI is InChI=1S/C18H30ClN5O2.HI/c1-7-20-15(22-11-13-8-9-14(19)21-10-13)23-12-18(5,6)24-16(25)26-17(2,3)4;/h8-10H,7,11-12H2,1-6H3,(H,24,25)(H2,20,22,23);1H. The second kappa shape index (κ2) is 11.5. The van der Waals surface area contributed by atoms with Gasteiger partial charge >= 0.3 is 6.09 Å². The fraction of sp³-hybridized carbons (Fsp3) is 0.611. The van der Waals surface area contributed by atoms with Crippen LogP contribution < -0.4 is 16.0 Å². The van der Waals surface area contributed by atoms with Gasteiger partial charge in [-0.25, -0.2) is 14.8 Å². The zero-order chi connectivity index (χ0) is 19.8. The van der Waals surface area contributed by atoms with Crippen molar-refractivity contribution in [3.8, 4) is 0 Å². The molecule has 0 unspecified atom stereocenters. The Kier molecular flexibility index (Phi) is 11.0. The molecule has 0 aliphatic heterocycles. The van der Waals surface area contributed by atoms with Gasteiger partial charge in [0.2, 0.25) is 0 Å². The molecule has 0 saturated carbocycles. The third kappa shape index (κ3) is 11.9. The SMILES string of the molecule is CCNC(=NCc1ccc(Cl)nc1)NCC(C)(C)NC(=O)OC(C)(C)C.I. The van der Waals surface area contributed by atoms with E-state index >= 15 is 0 Å². The summed E-state index contributed by atoms with van der Waals surface area (Å²) in [5.41, 5.74) is -0.0885. The van der Waals surface area contributed by atoms with Crippen LogP contribution in [0.25, 0.3) is 0 Å². The lowest BCUT2D eigenvalue weighted by Crippen LogP contribution is -2.54. The van der Waals surface area contributed by atoms with Gasteiger partial charge in [-0.15, -0.1) is 24.0 Å². The second-order valence-electron chi connectivity index (χ2n) is 7.55. The first-order valence-electron chi connectivity index (χ1n) is 8.64. The number of hydrogen-bond donors (Lipinski definition) is 3. The van der Waals surface area contributed by atoms with Crippen LogP contribution in [0.5, 0.6) is 0 Å². The number of carbonyl (C=O) groups excluding carboxylic acids is 1. The molecule has 0 radical (unpaired) electrons. The average molecular weight is 512 g/mol. The average Bonchev–Trinajstić information content (AvgIpc) is 2.49. The second-order valence-corrected chi connectivity index (χ2v) is 7.94. The minimum absolute atomic E-state index is 0. The predicted octanol–water partition coefficient (Wildman–Crippen LogP) is 3.71. The van der Waals surface area contributed by atoms with Crippen LogP contribution in [0.3, 0.4) is 0 Å². The van der Waals surface area contributed by atoms with Gasteiger partial charge in [0.05, 0.1) is 12.1 Å². The highest BCUT2D eigenvalue weighted by Gasteiger charge is 2.24. The molecule has 154 valence electrons. The number of nitrogens with one attached hydrogen (secondary N) is 3. The number of ether oxygens (including phenoxy) is 1. The minimum atomic E-state index is -0.531. The molecular formula is C18H31ClIN5O2. The monoisotopic (exact) mass is 511 g/mol. The third-order valence-electron chi connectivity index (χ3n) is 3.09. The molecule has 1 aromatic rings. The van der Waals surface area contributed by atoms with Crippen molar-refractivity contribution in [2.45, 2.75) is 59.2 Å². The zero-order valence-corrected chi connectivity index (χ0v) is 19.9. The molecule has 0 aliphatic carbocycles. The van der Waals surface area contributed by atoms with Crippen molar-refractivity contribution in [3.63, 3.8) is 0 Å². The van der Waals surface area contributed by atoms with E-state index in [-0.39, 0.29) is 24.0 Å². The fourth-order valence-corrected chi connectivity index (χ4v) is 2.05. The molecule has 0 aliphatic rings. The third-order valence-corrected chi connectivity index (χ3v) is 3.31. The van der Waals surface area contributed by atoms with Crippen LogP contribution in [0.1, 0.15) is 47.1 Å². The summed E-state index contributed by atoms with van der Waals surface area (Å²) in [6.45, 7) is 13.0. The van der Waals surface area contributed by atoms with E-state index in [2.05, 4.69) is 25.9 Å². The van der Waals surface area contributed by atoms with Gasteiger partial charge in [0.1, 0.15) is 10.8 Å². The molecule has 0 atom stereocenters. The quantitative estimate of drug-likeness (QED) is 0.235. The van der Waals surface area contributed by atoms with Crippen molar-refractivity contribution in [2.75, 3.05) is 13.1 Å². The Morgan fingerprint density at radius 2 is 1.89 bits per heavy atom. The molecule has 1 rings (SSSR count). The van der Waals surface area contributed by atoms with Crippen molar-refractivity contribution in [2.24, 2.45) is 4.99 Å². The van der Waals surface area contributed by atoms with E-state index in [1.807, 2.05) is 47.6 Å². The molecule has 1 amide bonds. The van der Waals surface area contributed by atoms with Crippen LogP contribution in [0, 0.1) is 0 Å². The maximum atomic E-state index is 12.0. The Morgan fingerprint density at radius 3 is 2.41 bits per heavy atom. The summed E-state index contributed by atoms with van der Waals surface area (Å²) in [5, 5.41) is 9.73. The Balaban J connectivity index is 0.00000676. The van der Waals surface area contributed by atoms with Crippen molar-refractivity contribution in [3.05, 3.63) is 29.0 Å². The molecule has 0 saturated heterocycles. The van der Waals surface area contributed by atoms with E-state index in [1.54, 1.807) is 12.3 Å². The number of aliphatic imine (C=N–C) groups is 1. The molecule has 27 heavy (non-hydrogen) atoms. The number of carbonyl (C=O) groups is 1. The normalized spacial score (nSPS) is 12.0. The number of pyridine rings is 1. The lowest BCUT2D eigenvalue weighted by Gasteiger charge is -2.29. The molecule has 0 fully saturated rings. The lowest BCUT2D eigenvalue weighted by molar-refractivity contribution is 0.0474. The summed E-state index contributed by atoms with van der Waals surface area (Å²) in [6.07, 6.45) is 1.25. The highest BCUT2D eigenvalue weighted by Crippen LogP contribution is 2.09. The summed E-state index contributed by atoms with van der Waals surface area (Å²) >= 11 is 5.79. The Morgan fingerprint density at radius 1 is 1.22 bits per heavy atom. The van der Waals surface area contributed by atoms with E-state index in [0.29, 0.717) is 24.2 Å². The van der Waals surface area contributed by atoms with Gasteiger partial charge in [-0.05, 0) is 53.2 Å². The first-order chi connectivity index (χ1) is 12.0. The van der Waals surface area contributed by atoms with Crippen LogP contribution in [0.2, 0.25) is 5.15 Å². The maximum Gasteiger partial charge on any atom is 0.408 e. The molecule has 9 heteroatoms. The van der Waals surface area contributed by atoms with Gasteiger partial charge in [0, 0.05) is 19.3 Å². The molecule has 7 nitrogen and oxygen atoms in total. The number of alkyl carbamates (subject to hydrolysis) is 1. The first kappa shape index (κ1) is 25.7. The maximum absolute atomic E-state index is 12.0. The number of rotatable bonds is 6. The molecule has 0 spiro atoms. The predicted molar refractivity (Wildman–Crippen MR) is 121 cm³/mol. The Labute approximate surface area is 184 Å². The van der Waals surface area contributed by atoms with Crippen molar-refractivity contribution < 1.29 is 9.53 Å². The van der Waals surface area contributed by atoms with Crippen molar-refractivity contribution >= 4 is 47.6 Å². The van der Waals surface area contributed by atoms with Gasteiger partial charge in [0.25, 0.3) is 0 Å². The van der Waals surface area contributed by atoms with Gasteiger partial charge in [-0.2, -0.15) is 0 Å². The van der Waals surface area contributed by atoms with Gasteiger partial charge in [-0.1, -0.05) is 17.7 Å². The highest BCUT2D eigenvalue weighted by molar-refractivity contribution is 14.0. The smallest absolute Gasteiger partial charge is 0.408 e. The number of aromatic nitrogens is 1. The van der Waals surface area contributed by atoms with Crippen molar-refractivity contribution in [1.29, 1.82) is 0 Å². The van der Waals surface area contributed by atoms with Crippen LogP contribution in [0.15, 0.2) is 23.3 Å². The van der Waals surface area contributed by atoms with E-state index in [4.69, 9.17) is 16.3 Å². The van der Waals surface area contributed by atoms with Crippen LogP contribution >= 0.6 is 35.6 Å². The number of hydrogen-bond acceptors (Lipinski definition) is 4.